The van der Waals surface area contributed by atoms with E-state index >= 15 is 0 Å². The van der Waals surface area contributed by atoms with E-state index in [4.69, 9.17) is 5.11 Å². The molecule has 5 heteroatoms. The number of amides is 1. The van der Waals surface area contributed by atoms with Crippen LogP contribution in [0.25, 0.3) is 0 Å². The molecule has 0 radical (unpaired) electrons. The molecular formula is C15H21NO3S. The van der Waals surface area contributed by atoms with Crippen LogP contribution >= 0.6 is 11.3 Å². The van der Waals surface area contributed by atoms with Gasteiger partial charge in [0.2, 0.25) is 5.91 Å². The SMILES string of the molecule is Cc1ccc(CN(C(=O)C2CCC2C(=O)O)C(C)C)s1. The minimum atomic E-state index is -0.842. The van der Waals surface area contributed by atoms with Crippen molar-refractivity contribution in [3.8, 4) is 0 Å². The molecule has 4 nitrogen and oxygen atoms in total. The van der Waals surface area contributed by atoms with Gasteiger partial charge in [-0.1, -0.05) is 0 Å². The lowest BCUT2D eigenvalue weighted by molar-refractivity contribution is -0.157. The van der Waals surface area contributed by atoms with Crippen molar-refractivity contribution in [2.45, 2.75) is 46.2 Å². The molecule has 1 fully saturated rings. The van der Waals surface area contributed by atoms with Gasteiger partial charge in [0.15, 0.2) is 0 Å². The summed E-state index contributed by atoms with van der Waals surface area (Å²) in [6, 6.07) is 4.17. The average Bonchev–Trinajstić information content (AvgIpc) is 2.68. The molecule has 2 rings (SSSR count). The lowest BCUT2D eigenvalue weighted by Crippen LogP contribution is -2.48. The van der Waals surface area contributed by atoms with Gasteiger partial charge >= 0.3 is 5.97 Å². The standard InChI is InChI=1S/C15H21NO3S/c1-9(2)16(8-11-5-4-10(3)20-11)14(17)12-6-7-13(12)15(18)19/h4-5,9,12-13H,6-8H2,1-3H3,(H,18,19). The van der Waals surface area contributed by atoms with Crippen LogP contribution in [0.15, 0.2) is 12.1 Å². The Hall–Kier alpha value is -1.36. The molecule has 0 saturated heterocycles. The van der Waals surface area contributed by atoms with Crippen LogP contribution in [-0.4, -0.2) is 27.9 Å². The summed E-state index contributed by atoms with van der Waals surface area (Å²) in [6.45, 7) is 6.58. The van der Waals surface area contributed by atoms with Crippen LogP contribution in [-0.2, 0) is 16.1 Å². The first kappa shape index (κ1) is 15.0. The number of carboxylic acid groups (broad SMARTS) is 1. The molecule has 2 atom stereocenters. The number of carboxylic acids is 1. The first-order valence-corrected chi connectivity index (χ1v) is 7.80. The van der Waals surface area contributed by atoms with Gasteiger partial charge in [0.1, 0.15) is 0 Å². The third-order valence-corrected chi connectivity index (χ3v) is 4.92. The highest BCUT2D eigenvalue weighted by Gasteiger charge is 2.43. The van der Waals surface area contributed by atoms with Crippen molar-refractivity contribution in [2.24, 2.45) is 11.8 Å². The second-order valence-electron chi connectivity index (χ2n) is 5.70. The van der Waals surface area contributed by atoms with Crippen LogP contribution in [0, 0.1) is 18.8 Å². The molecule has 1 aliphatic carbocycles. The largest absolute Gasteiger partial charge is 0.481 e. The first-order valence-electron chi connectivity index (χ1n) is 6.98. The minimum absolute atomic E-state index is 0.00953. The highest BCUT2D eigenvalue weighted by molar-refractivity contribution is 7.11. The molecule has 1 heterocycles. The lowest BCUT2D eigenvalue weighted by Gasteiger charge is -2.38. The summed E-state index contributed by atoms with van der Waals surface area (Å²) in [5.41, 5.74) is 0. The van der Waals surface area contributed by atoms with Crippen molar-refractivity contribution >= 4 is 23.2 Å². The van der Waals surface area contributed by atoms with Crippen molar-refractivity contribution in [1.29, 1.82) is 0 Å². The van der Waals surface area contributed by atoms with Gasteiger partial charge in [0.25, 0.3) is 0 Å². The maximum Gasteiger partial charge on any atom is 0.307 e. The first-order chi connectivity index (χ1) is 9.40. The van der Waals surface area contributed by atoms with E-state index in [-0.39, 0.29) is 17.9 Å². The van der Waals surface area contributed by atoms with E-state index in [0.717, 1.165) is 4.88 Å². The van der Waals surface area contributed by atoms with Gasteiger partial charge in [-0.25, -0.2) is 0 Å². The van der Waals surface area contributed by atoms with Gasteiger partial charge in [-0.05, 0) is 45.7 Å². The van der Waals surface area contributed by atoms with Crippen LogP contribution in [0.3, 0.4) is 0 Å². The molecule has 20 heavy (non-hydrogen) atoms. The second kappa shape index (κ2) is 5.95. The summed E-state index contributed by atoms with van der Waals surface area (Å²) in [6.07, 6.45) is 1.32. The molecule has 0 aromatic carbocycles. The van der Waals surface area contributed by atoms with Crippen LogP contribution < -0.4 is 0 Å². The number of aryl methyl sites for hydroxylation is 1. The fraction of sp³-hybridized carbons (Fsp3) is 0.600. The quantitative estimate of drug-likeness (QED) is 0.908. The Morgan fingerprint density at radius 2 is 2.00 bits per heavy atom. The monoisotopic (exact) mass is 295 g/mol. The number of hydrogen-bond acceptors (Lipinski definition) is 3. The minimum Gasteiger partial charge on any atom is -0.481 e. The van der Waals surface area contributed by atoms with Gasteiger partial charge < -0.3 is 10.0 Å². The number of aliphatic carboxylic acids is 1. The van der Waals surface area contributed by atoms with Crippen molar-refractivity contribution in [3.05, 3.63) is 21.9 Å². The van der Waals surface area contributed by atoms with E-state index < -0.39 is 11.9 Å². The van der Waals surface area contributed by atoms with E-state index in [1.165, 1.54) is 4.88 Å². The van der Waals surface area contributed by atoms with E-state index in [1.807, 2.05) is 37.8 Å². The molecule has 1 saturated carbocycles. The molecule has 1 aromatic heterocycles. The Labute approximate surface area is 123 Å². The van der Waals surface area contributed by atoms with Crippen LogP contribution in [0.4, 0.5) is 0 Å². The zero-order valence-electron chi connectivity index (χ0n) is 12.1. The highest BCUT2D eigenvalue weighted by atomic mass is 32.1. The van der Waals surface area contributed by atoms with Crippen LogP contribution in [0.5, 0.6) is 0 Å². The zero-order valence-corrected chi connectivity index (χ0v) is 12.9. The summed E-state index contributed by atoms with van der Waals surface area (Å²) in [4.78, 5) is 27.8. The normalized spacial score (nSPS) is 21.6. The predicted octanol–water partition coefficient (Wildman–Crippen LogP) is 2.90. The third kappa shape index (κ3) is 3.03. The number of hydrogen-bond donors (Lipinski definition) is 1. The molecule has 1 aromatic rings. The summed E-state index contributed by atoms with van der Waals surface area (Å²) in [7, 11) is 0. The third-order valence-electron chi connectivity index (χ3n) is 3.94. The molecule has 0 aliphatic heterocycles. The lowest BCUT2D eigenvalue weighted by atomic mass is 9.72. The van der Waals surface area contributed by atoms with Gasteiger partial charge in [-0.15, -0.1) is 11.3 Å². The average molecular weight is 295 g/mol. The van der Waals surface area contributed by atoms with Gasteiger partial charge in [-0.3, -0.25) is 9.59 Å². The number of carbonyl (C=O) groups excluding carboxylic acids is 1. The molecule has 1 aliphatic rings. The summed E-state index contributed by atoms with van der Waals surface area (Å²) in [5, 5.41) is 9.10. The number of carbonyl (C=O) groups is 2. The van der Waals surface area contributed by atoms with Crippen molar-refractivity contribution in [2.75, 3.05) is 0 Å². The van der Waals surface area contributed by atoms with Gasteiger partial charge in [0, 0.05) is 15.8 Å². The number of nitrogens with zero attached hydrogens (tertiary/aromatic N) is 1. The Balaban J connectivity index is 2.08. The molecule has 0 bridgehead atoms. The van der Waals surface area contributed by atoms with E-state index in [1.54, 1.807) is 11.3 Å². The summed E-state index contributed by atoms with van der Waals surface area (Å²) >= 11 is 1.69. The van der Waals surface area contributed by atoms with Crippen molar-refractivity contribution in [3.63, 3.8) is 0 Å². The maximum atomic E-state index is 12.6. The summed E-state index contributed by atoms with van der Waals surface area (Å²) in [5.74, 6) is -1.68. The maximum absolute atomic E-state index is 12.6. The fourth-order valence-corrected chi connectivity index (χ4v) is 3.45. The smallest absolute Gasteiger partial charge is 0.307 e. The Morgan fingerprint density at radius 3 is 2.40 bits per heavy atom. The van der Waals surface area contributed by atoms with Crippen LogP contribution in [0.1, 0.15) is 36.4 Å². The topological polar surface area (TPSA) is 57.6 Å². The molecule has 0 spiro atoms. The van der Waals surface area contributed by atoms with Gasteiger partial charge in [-0.2, -0.15) is 0 Å². The Morgan fingerprint density at radius 1 is 1.35 bits per heavy atom. The van der Waals surface area contributed by atoms with Gasteiger partial charge in [0.05, 0.1) is 18.4 Å². The van der Waals surface area contributed by atoms with E-state index in [9.17, 15) is 9.59 Å². The van der Waals surface area contributed by atoms with E-state index in [2.05, 4.69) is 0 Å². The predicted molar refractivity (Wildman–Crippen MR) is 78.6 cm³/mol. The molecule has 110 valence electrons. The fourth-order valence-electron chi connectivity index (χ4n) is 2.56. The Bertz CT molecular complexity index is 509. The molecule has 2 unspecified atom stereocenters. The Kier molecular flexibility index (Phi) is 4.48. The second-order valence-corrected chi connectivity index (χ2v) is 7.07. The highest BCUT2D eigenvalue weighted by Crippen LogP contribution is 2.36. The van der Waals surface area contributed by atoms with E-state index in [0.29, 0.717) is 19.4 Å². The summed E-state index contributed by atoms with van der Waals surface area (Å²) < 4.78 is 0. The molecule has 1 amide bonds. The zero-order chi connectivity index (χ0) is 14.9. The molecule has 1 N–H and O–H groups in total. The molecular weight excluding hydrogens is 274 g/mol. The van der Waals surface area contributed by atoms with Crippen molar-refractivity contribution in [1.82, 2.24) is 4.90 Å². The van der Waals surface area contributed by atoms with Crippen molar-refractivity contribution < 1.29 is 14.7 Å². The number of thiophene rings is 1. The van der Waals surface area contributed by atoms with Crippen LogP contribution in [0.2, 0.25) is 0 Å². The number of rotatable bonds is 5.